The monoisotopic (exact) mass is 296 g/mol. The molecule has 2 atom stereocenters. The lowest BCUT2D eigenvalue weighted by Gasteiger charge is -2.12. The van der Waals surface area contributed by atoms with Crippen molar-refractivity contribution in [3.8, 4) is 0 Å². The third-order valence-electron chi connectivity index (χ3n) is 2.46. The lowest BCUT2D eigenvalue weighted by atomic mass is 10.3. The number of alkyl halides is 3. The van der Waals surface area contributed by atoms with Crippen molar-refractivity contribution in [3.63, 3.8) is 0 Å². The Morgan fingerprint density at radius 2 is 2.11 bits per heavy atom. The Balaban J connectivity index is 2.69. The average Bonchev–Trinajstić information content (AvgIpc) is 2.26. The molecule has 0 fully saturated rings. The van der Waals surface area contributed by atoms with Crippen LogP contribution in [0.25, 0.3) is 0 Å². The third-order valence-corrected chi connectivity index (χ3v) is 3.83. The number of rotatable bonds is 5. The fourth-order valence-corrected chi connectivity index (χ4v) is 1.72. The highest BCUT2D eigenvalue weighted by Crippen LogP contribution is 2.29. The van der Waals surface area contributed by atoms with Crippen molar-refractivity contribution in [1.82, 2.24) is 9.97 Å². The zero-order valence-corrected chi connectivity index (χ0v) is 11.3. The predicted octanol–water partition coefficient (Wildman–Crippen LogP) is 1.65. The molecule has 1 aromatic rings. The van der Waals surface area contributed by atoms with Crippen LogP contribution in [0.2, 0.25) is 0 Å². The number of nitrogens with zero attached hydrogens (tertiary/aromatic N) is 2. The van der Waals surface area contributed by atoms with Crippen molar-refractivity contribution < 1.29 is 17.4 Å². The van der Waals surface area contributed by atoms with Gasteiger partial charge in [0.2, 0.25) is 5.95 Å². The molecule has 9 heteroatoms. The number of nitrogens with one attached hydrogen (secondary N) is 1. The van der Waals surface area contributed by atoms with Crippen LogP contribution in [-0.2, 0) is 17.0 Å². The number of hydrogen-bond donors (Lipinski definition) is 2. The van der Waals surface area contributed by atoms with Gasteiger partial charge in [-0.25, -0.2) is 4.98 Å². The first kappa shape index (κ1) is 15.7. The predicted molar refractivity (Wildman–Crippen MR) is 68.1 cm³/mol. The molecule has 2 unspecified atom stereocenters. The minimum absolute atomic E-state index is 0.00825. The Labute approximate surface area is 111 Å². The van der Waals surface area contributed by atoms with Crippen LogP contribution >= 0.6 is 0 Å². The molecule has 0 amide bonds. The zero-order valence-electron chi connectivity index (χ0n) is 10.5. The van der Waals surface area contributed by atoms with E-state index in [0.29, 0.717) is 13.0 Å². The molecule has 1 heterocycles. The summed E-state index contributed by atoms with van der Waals surface area (Å²) in [5.41, 5.74) is 4.14. The van der Waals surface area contributed by atoms with Crippen molar-refractivity contribution in [2.24, 2.45) is 0 Å². The first-order valence-electron chi connectivity index (χ1n) is 5.48. The van der Waals surface area contributed by atoms with E-state index in [2.05, 4.69) is 15.3 Å². The molecule has 1 rings (SSSR count). The highest BCUT2D eigenvalue weighted by Gasteiger charge is 2.33. The van der Waals surface area contributed by atoms with Gasteiger partial charge in [0.1, 0.15) is 5.82 Å². The van der Waals surface area contributed by atoms with Gasteiger partial charge in [0.25, 0.3) is 0 Å². The number of nitrogens with two attached hydrogens (primary N) is 1. The van der Waals surface area contributed by atoms with Crippen LogP contribution in [0.15, 0.2) is 6.07 Å². The van der Waals surface area contributed by atoms with E-state index in [1.54, 1.807) is 13.2 Å². The van der Waals surface area contributed by atoms with Gasteiger partial charge >= 0.3 is 6.18 Å². The molecule has 0 aliphatic carbocycles. The molecule has 0 saturated heterocycles. The van der Waals surface area contributed by atoms with Gasteiger partial charge in [0.05, 0.1) is 0 Å². The summed E-state index contributed by atoms with van der Waals surface area (Å²) in [5, 5.41) is 2.67. The van der Waals surface area contributed by atoms with Gasteiger partial charge in [0, 0.05) is 34.9 Å². The van der Waals surface area contributed by atoms with Gasteiger partial charge in [-0.2, -0.15) is 18.2 Å². The summed E-state index contributed by atoms with van der Waals surface area (Å²) in [5.74, 6) is -0.432. The van der Waals surface area contributed by atoms with Gasteiger partial charge in [-0.15, -0.1) is 0 Å². The van der Waals surface area contributed by atoms with E-state index in [1.165, 1.54) is 0 Å². The van der Waals surface area contributed by atoms with Crippen LogP contribution in [0, 0.1) is 0 Å². The van der Waals surface area contributed by atoms with Gasteiger partial charge in [-0.05, 0) is 6.42 Å². The molecular weight excluding hydrogens is 281 g/mol. The molecular formula is C10H15F3N4OS. The third kappa shape index (κ3) is 5.01. The Hall–Kier alpha value is -1.38. The SMILES string of the molecule is CC(CCNc1cc(C(F)(F)F)nc(N)n1)S(C)=O. The largest absolute Gasteiger partial charge is 0.433 e. The molecule has 0 aliphatic heterocycles. The summed E-state index contributed by atoms with van der Waals surface area (Å²) >= 11 is 0. The van der Waals surface area contributed by atoms with E-state index in [1.807, 2.05) is 0 Å². The average molecular weight is 296 g/mol. The molecule has 3 N–H and O–H groups in total. The van der Waals surface area contributed by atoms with Crippen molar-refractivity contribution in [3.05, 3.63) is 11.8 Å². The quantitative estimate of drug-likeness (QED) is 0.863. The van der Waals surface area contributed by atoms with Gasteiger partial charge < -0.3 is 11.1 Å². The van der Waals surface area contributed by atoms with Crippen molar-refractivity contribution in [2.45, 2.75) is 24.8 Å². The van der Waals surface area contributed by atoms with Crippen LogP contribution in [0.4, 0.5) is 24.9 Å². The van der Waals surface area contributed by atoms with Gasteiger partial charge in [-0.3, -0.25) is 4.21 Å². The minimum Gasteiger partial charge on any atom is -0.370 e. The molecule has 0 spiro atoms. The molecule has 0 aromatic carbocycles. The van der Waals surface area contributed by atoms with E-state index in [-0.39, 0.29) is 11.1 Å². The van der Waals surface area contributed by atoms with E-state index in [0.717, 1.165) is 6.07 Å². The lowest BCUT2D eigenvalue weighted by molar-refractivity contribution is -0.141. The van der Waals surface area contributed by atoms with E-state index in [4.69, 9.17) is 5.73 Å². The Bertz CT molecular complexity index is 467. The second kappa shape index (κ2) is 6.18. The molecule has 19 heavy (non-hydrogen) atoms. The number of anilines is 2. The standard InChI is InChI=1S/C10H15F3N4OS/c1-6(19(2)18)3-4-15-8-5-7(10(11,12)13)16-9(14)17-8/h5-6H,3-4H2,1-2H3,(H3,14,15,16,17). The highest BCUT2D eigenvalue weighted by atomic mass is 32.2. The summed E-state index contributed by atoms with van der Waals surface area (Å²) in [7, 11) is -0.969. The second-order valence-corrected chi connectivity index (χ2v) is 5.82. The summed E-state index contributed by atoms with van der Waals surface area (Å²) in [6.07, 6.45) is -2.44. The Morgan fingerprint density at radius 1 is 1.47 bits per heavy atom. The van der Waals surface area contributed by atoms with Crippen LogP contribution in [0.5, 0.6) is 0 Å². The van der Waals surface area contributed by atoms with Crippen molar-refractivity contribution >= 4 is 22.6 Å². The molecule has 108 valence electrons. The first-order valence-corrected chi connectivity index (χ1v) is 7.10. The van der Waals surface area contributed by atoms with E-state index >= 15 is 0 Å². The highest BCUT2D eigenvalue weighted by molar-refractivity contribution is 7.84. The number of hydrogen-bond acceptors (Lipinski definition) is 5. The summed E-state index contributed by atoms with van der Waals surface area (Å²) in [4.78, 5) is 6.80. The fraction of sp³-hybridized carbons (Fsp3) is 0.600. The maximum atomic E-state index is 12.5. The van der Waals surface area contributed by atoms with Crippen LogP contribution in [0.1, 0.15) is 19.0 Å². The maximum absolute atomic E-state index is 12.5. The Kier molecular flexibility index (Phi) is 5.10. The molecule has 0 bridgehead atoms. The van der Waals surface area contributed by atoms with E-state index in [9.17, 15) is 17.4 Å². The summed E-state index contributed by atoms with van der Waals surface area (Å²) in [6, 6.07) is 0.796. The molecule has 1 aromatic heterocycles. The van der Waals surface area contributed by atoms with Crippen LogP contribution in [-0.4, -0.2) is 32.2 Å². The second-order valence-electron chi connectivity index (χ2n) is 4.02. The van der Waals surface area contributed by atoms with Gasteiger partial charge in [-0.1, -0.05) is 6.92 Å². The number of halogens is 3. The van der Waals surface area contributed by atoms with Gasteiger partial charge in [0.15, 0.2) is 5.69 Å². The minimum atomic E-state index is -4.56. The van der Waals surface area contributed by atoms with Crippen LogP contribution in [0.3, 0.4) is 0 Å². The maximum Gasteiger partial charge on any atom is 0.433 e. The summed E-state index contributed by atoms with van der Waals surface area (Å²) < 4.78 is 48.6. The molecule has 5 nitrogen and oxygen atoms in total. The topological polar surface area (TPSA) is 80.9 Å². The molecule has 0 saturated carbocycles. The number of aromatic nitrogens is 2. The van der Waals surface area contributed by atoms with Crippen LogP contribution < -0.4 is 11.1 Å². The first-order chi connectivity index (χ1) is 8.70. The lowest BCUT2D eigenvalue weighted by Crippen LogP contribution is -2.17. The number of nitrogen functional groups attached to an aromatic ring is 1. The van der Waals surface area contributed by atoms with E-state index < -0.39 is 28.6 Å². The molecule has 0 radical (unpaired) electrons. The van der Waals surface area contributed by atoms with Crippen molar-refractivity contribution in [1.29, 1.82) is 0 Å². The fourth-order valence-electron chi connectivity index (χ4n) is 1.27. The molecule has 0 aliphatic rings. The Morgan fingerprint density at radius 3 is 2.63 bits per heavy atom. The normalized spacial score (nSPS) is 15.0. The smallest absolute Gasteiger partial charge is 0.370 e. The summed E-state index contributed by atoms with van der Waals surface area (Å²) in [6.45, 7) is 2.15. The zero-order chi connectivity index (χ0) is 14.6. The van der Waals surface area contributed by atoms with Crippen molar-refractivity contribution in [2.75, 3.05) is 23.9 Å².